The summed E-state index contributed by atoms with van der Waals surface area (Å²) in [5.41, 5.74) is 1.28. The molecule has 0 aliphatic heterocycles. The van der Waals surface area contributed by atoms with Gasteiger partial charge < -0.3 is 0 Å². The molecule has 0 fully saturated rings. The Bertz CT molecular complexity index is 443. The molecule has 0 N–H and O–H groups in total. The van der Waals surface area contributed by atoms with E-state index in [2.05, 4.69) is 26.0 Å². The summed E-state index contributed by atoms with van der Waals surface area (Å²) >= 11 is 7.95. The van der Waals surface area contributed by atoms with Crippen molar-refractivity contribution in [1.29, 1.82) is 0 Å². The number of aryl methyl sites for hydroxylation is 2. The Morgan fingerprint density at radius 3 is 2.85 bits per heavy atom. The number of hydrogen-bond donors (Lipinski definition) is 0. The molecule has 0 radical (unpaired) electrons. The third-order valence-corrected chi connectivity index (χ3v) is 3.60. The predicted molar refractivity (Wildman–Crippen MR) is 61.0 cm³/mol. The van der Waals surface area contributed by atoms with Crippen molar-refractivity contribution in [3.05, 3.63) is 33.7 Å². The molecule has 1 aromatic heterocycles. The van der Waals surface area contributed by atoms with Crippen molar-refractivity contribution in [2.24, 2.45) is 0 Å². The molecule has 2 rings (SSSR count). The summed E-state index contributed by atoms with van der Waals surface area (Å²) < 4.78 is 1.35. The monoisotopic (exact) mass is 210 g/mol. The van der Waals surface area contributed by atoms with E-state index in [0.29, 0.717) is 0 Å². The molecule has 0 nitrogen and oxygen atoms in total. The third kappa shape index (κ3) is 1.47. The number of thiophene rings is 1. The van der Waals surface area contributed by atoms with Crippen LogP contribution in [0.4, 0.5) is 0 Å². The lowest BCUT2D eigenvalue weighted by atomic mass is 10.1. The molecule has 0 spiro atoms. The number of hydrogen-bond acceptors (Lipinski definition) is 1. The Balaban J connectivity index is 2.82. The van der Waals surface area contributed by atoms with Crippen molar-refractivity contribution in [1.82, 2.24) is 0 Å². The average Bonchev–Trinajstić information content (AvgIpc) is 2.45. The molecule has 2 aromatic rings. The number of benzene rings is 1. The quantitative estimate of drug-likeness (QED) is 0.654. The summed E-state index contributed by atoms with van der Waals surface area (Å²) in [6.07, 6.45) is 1.01. The van der Waals surface area contributed by atoms with E-state index in [1.165, 1.54) is 20.5 Å². The number of rotatable bonds is 1. The maximum Gasteiger partial charge on any atom is 0.0444 e. The topological polar surface area (TPSA) is 0 Å². The Labute approximate surface area is 87.2 Å². The van der Waals surface area contributed by atoms with Crippen molar-refractivity contribution in [2.75, 3.05) is 0 Å². The van der Waals surface area contributed by atoms with Gasteiger partial charge in [0.05, 0.1) is 0 Å². The molecule has 0 saturated heterocycles. The van der Waals surface area contributed by atoms with E-state index in [1.807, 2.05) is 17.4 Å². The van der Waals surface area contributed by atoms with Gasteiger partial charge in [0.2, 0.25) is 0 Å². The minimum absolute atomic E-state index is 0.896. The van der Waals surface area contributed by atoms with Gasteiger partial charge in [-0.2, -0.15) is 0 Å². The SMILES string of the molecule is CCc1c(Cl)ccc2sc(C)cc12. The summed E-state index contributed by atoms with van der Waals surface area (Å²) in [6, 6.07) is 6.33. The van der Waals surface area contributed by atoms with Gasteiger partial charge in [0.15, 0.2) is 0 Å². The second-order valence-electron chi connectivity index (χ2n) is 3.15. The van der Waals surface area contributed by atoms with Gasteiger partial charge in [0, 0.05) is 14.6 Å². The highest BCUT2D eigenvalue weighted by molar-refractivity contribution is 7.19. The van der Waals surface area contributed by atoms with Crippen molar-refractivity contribution in [3.8, 4) is 0 Å². The van der Waals surface area contributed by atoms with Crippen molar-refractivity contribution < 1.29 is 0 Å². The van der Waals surface area contributed by atoms with Crippen LogP contribution in [0.1, 0.15) is 17.4 Å². The summed E-state index contributed by atoms with van der Waals surface area (Å²) in [5, 5.41) is 2.23. The lowest BCUT2D eigenvalue weighted by molar-refractivity contribution is 1.16. The van der Waals surface area contributed by atoms with E-state index >= 15 is 0 Å². The van der Waals surface area contributed by atoms with Crippen LogP contribution in [0.5, 0.6) is 0 Å². The molecule has 1 aromatic carbocycles. The first kappa shape index (κ1) is 9.04. The zero-order valence-corrected chi connectivity index (χ0v) is 9.30. The van der Waals surface area contributed by atoms with E-state index in [9.17, 15) is 0 Å². The molecular formula is C11H11ClS. The van der Waals surface area contributed by atoms with Gasteiger partial charge in [-0.3, -0.25) is 0 Å². The van der Waals surface area contributed by atoms with Crippen LogP contribution in [-0.2, 0) is 6.42 Å². The zero-order valence-electron chi connectivity index (χ0n) is 7.73. The minimum Gasteiger partial charge on any atom is -0.141 e. The van der Waals surface area contributed by atoms with E-state index in [0.717, 1.165) is 11.4 Å². The number of fused-ring (bicyclic) bond motifs is 1. The second kappa shape index (κ2) is 3.32. The highest BCUT2D eigenvalue weighted by atomic mass is 35.5. The molecule has 0 aliphatic rings. The molecule has 0 bridgehead atoms. The molecule has 2 heteroatoms. The average molecular weight is 211 g/mol. The van der Waals surface area contributed by atoms with Gasteiger partial charge in [-0.1, -0.05) is 18.5 Å². The Kier molecular flexibility index (Phi) is 2.31. The van der Waals surface area contributed by atoms with E-state index in [4.69, 9.17) is 11.6 Å². The van der Waals surface area contributed by atoms with Crippen LogP contribution >= 0.6 is 22.9 Å². The third-order valence-electron chi connectivity index (χ3n) is 2.23. The Hall–Kier alpha value is -0.530. The first-order valence-electron chi connectivity index (χ1n) is 4.40. The van der Waals surface area contributed by atoms with Crippen LogP contribution in [0.25, 0.3) is 10.1 Å². The number of halogens is 1. The molecule has 0 unspecified atom stereocenters. The summed E-state index contributed by atoms with van der Waals surface area (Å²) in [7, 11) is 0. The van der Waals surface area contributed by atoms with Crippen LogP contribution in [-0.4, -0.2) is 0 Å². The summed E-state index contributed by atoms with van der Waals surface area (Å²) in [5.74, 6) is 0. The van der Waals surface area contributed by atoms with E-state index in [-0.39, 0.29) is 0 Å². The fourth-order valence-electron chi connectivity index (χ4n) is 1.63. The Morgan fingerprint density at radius 2 is 2.15 bits per heavy atom. The normalized spacial score (nSPS) is 11.0. The van der Waals surface area contributed by atoms with Crippen LogP contribution in [0, 0.1) is 6.92 Å². The lowest BCUT2D eigenvalue weighted by Crippen LogP contribution is -1.81. The molecule has 0 amide bonds. The van der Waals surface area contributed by atoms with Crippen molar-refractivity contribution >= 4 is 33.0 Å². The molecule has 1 heterocycles. The first-order valence-corrected chi connectivity index (χ1v) is 5.59. The van der Waals surface area contributed by atoms with Gasteiger partial charge in [0.25, 0.3) is 0 Å². The molecule has 68 valence electrons. The highest BCUT2D eigenvalue weighted by Crippen LogP contribution is 2.32. The van der Waals surface area contributed by atoms with E-state index < -0.39 is 0 Å². The van der Waals surface area contributed by atoms with Crippen LogP contribution in [0.2, 0.25) is 5.02 Å². The van der Waals surface area contributed by atoms with Gasteiger partial charge in [0.1, 0.15) is 0 Å². The fraction of sp³-hybridized carbons (Fsp3) is 0.273. The smallest absolute Gasteiger partial charge is 0.0444 e. The molecule has 0 aliphatic carbocycles. The largest absolute Gasteiger partial charge is 0.141 e. The van der Waals surface area contributed by atoms with Gasteiger partial charge in [-0.05, 0) is 42.5 Å². The molecular weight excluding hydrogens is 200 g/mol. The van der Waals surface area contributed by atoms with Crippen molar-refractivity contribution in [2.45, 2.75) is 20.3 Å². The highest BCUT2D eigenvalue weighted by Gasteiger charge is 2.06. The van der Waals surface area contributed by atoms with Crippen molar-refractivity contribution in [3.63, 3.8) is 0 Å². The standard InChI is InChI=1S/C11H11ClS/c1-3-8-9-6-7(2)13-11(9)5-4-10(8)12/h4-6H,3H2,1-2H3. The van der Waals surface area contributed by atoms with Gasteiger partial charge in [-0.15, -0.1) is 11.3 Å². The summed E-state index contributed by atoms with van der Waals surface area (Å²) in [6.45, 7) is 4.28. The first-order chi connectivity index (χ1) is 6.22. The Morgan fingerprint density at radius 1 is 1.38 bits per heavy atom. The van der Waals surface area contributed by atoms with Crippen LogP contribution < -0.4 is 0 Å². The van der Waals surface area contributed by atoms with Crippen LogP contribution in [0.15, 0.2) is 18.2 Å². The zero-order chi connectivity index (χ0) is 9.42. The lowest BCUT2D eigenvalue weighted by Gasteiger charge is -2.01. The maximum atomic E-state index is 6.12. The van der Waals surface area contributed by atoms with Gasteiger partial charge in [-0.25, -0.2) is 0 Å². The maximum absolute atomic E-state index is 6.12. The fourth-order valence-corrected chi connectivity index (χ4v) is 2.88. The molecule has 13 heavy (non-hydrogen) atoms. The van der Waals surface area contributed by atoms with Crippen LogP contribution in [0.3, 0.4) is 0 Å². The molecule has 0 saturated carbocycles. The molecule has 0 atom stereocenters. The van der Waals surface area contributed by atoms with E-state index in [1.54, 1.807) is 0 Å². The van der Waals surface area contributed by atoms with Gasteiger partial charge >= 0.3 is 0 Å². The minimum atomic E-state index is 0.896. The summed E-state index contributed by atoms with van der Waals surface area (Å²) in [4.78, 5) is 1.35. The second-order valence-corrected chi connectivity index (χ2v) is 4.84. The predicted octanol–water partition coefficient (Wildman–Crippen LogP) is 4.43.